The van der Waals surface area contributed by atoms with Crippen LogP contribution in [0.25, 0.3) is 0 Å². The number of piperidine rings is 1. The zero-order valence-corrected chi connectivity index (χ0v) is 16.1. The first-order valence-corrected chi connectivity index (χ1v) is 9.46. The van der Waals surface area contributed by atoms with Crippen LogP contribution in [0, 0.1) is 5.82 Å². The van der Waals surface area contributed by atoms with Crippen LogP contribution in [0.1, 0.15) is 45.6 Å². The number of likely N-dealkylation sites (tertiary alicyclic amines) is 1. The number of benzene rings is 1. The molecule has 2 aliphatic heterocycles. The number of para-hydroxylation sites is 1. The van der Waals surface area contributed by atoms with Gasteiger partial charge in [0.15, 0.2) is 17.7 Å². The Labute approximate surface area is 159 Å². The average molecular weight is 378 g/mol. The van der Waals surface area contributed by atoms with Gasteiger partial charge in [-0.05, 0) is 46.1 Å². The van der Waals surface area contributed by atoms with Gasteiger partial charge in [-0.3, -0.25) is 4.79 Å². The van der Waals surface area contributed by atoms with Crippen LogP contribution in [0.5, 0.6) is 5.75 Å². The molecule has 0 aromatic heterocycles. The Morgan fingerprint density at radius 3 is 2.81 bits per heavy atom. The smallest absolute Gasteiger partial charge is 0.410 e. The molecule has 148 valence electrons. The molecule has 1 N–H and O–H groups in total. The molecule has 1 saturated heterocycles. The van der Waals surface area contributed by atoms with Crippen LogP contribution in [0.3, 0.4) is 0 Å². The number of ether oxygens (including phenoxy) is 2. The highest BCUT2D eigenvalue weighted by Crippen LogP contribution is 2.31. The van der Waals surface area contributed by atoms with E-state index in [0.29, 0.717) is 25.1 Å². The van der Waals surface area contributed by atoms with Crippen LogP contribution in [0.4, 0.5) is 9.18 Å². The number of carbonyl (C=O) groups excluding carboxylic acids is 2. The van der Waals surface area contributed by atoms with E-state index in [1.54, 1.807) is 17.0 Å². The van der Waals surface area contributed by atoms with E-state index in [-0.39, 0.29) is 23.8 Å². The molecule has 1 aromatic carbocycles. The number of hydrogen-bond acceptors (Lipinski definition) is 4. The summed E-state index contributed by atoms with van der Waals surface area (Å²) in [6.45, 7) is 6.45. The summed E-state index contributed by atoms with van der Waals surface area (Å²) < 4.78 is 24.7. The highest BCUT2D eigenvalue weighted by molar-refractivity contribution is 5.82. The fraction of sp³-hybridized carbons (Fsp3) is 0.600. The van der Waals surface area contributed by atoms with Crippen molar-refractivity contribution >= 4 is 12.0 Å². The monoisotopic (exact) mass is 378 g/mol. The Morgan fingerprint density at radius 2 is 2.11 bits per heavy atom. The number of nitrogens with zero attached hydrogens (tertiary/aromatic N) is 1. The van der Waals surface area contributed by atoms with Crippen LogP contribution in [-0.4, -0.2) is 47.7 Å². The molecule has 0 bridgehead atoms. The lowest BCUT2D eigenvalue weighted by Gasteiger charge is -2.36. The minimum Gasteiger partial charge on any atom is -0.477 e. The third kappa shape index (κ3) is 4.70. The van der Waals surface area contributed by atoms with Crippen LogP contribution >= 0.6 is 0 Å². The maximum atomic E-state index is 13.8. The van der Waals surface area contributed by atoms with E-state index in [1.807, 2.05) is 20.8 Å². The Morgan fingerprint density at radius 1 is 1.33 bits per heavy atom. The van der Waals surface area contributed by atoms with Gasteiger partial charge in [-0.2, -0.15) is 0 Å². The van der Waals surface area contributed by atoms with Crippen molar-refractivity contribution in [2.24, 2.45) is 0 Å². The molecular formula is C20H27FN2O4. The minimum absolute atomic E-state index is 0.113. The molecule has 0 spiro atoms. The zero-order valence-electron chi connectivity index (χ0n) is 16.1. The summed E-state index contributed by atoms with van der Waals surface area (Å²) >= 11 is 0. The van der Waals surface area contributed by atoms with Gasteiger partial charge in [0.1, 0.15) is 5.60 Å². The van der Waals surface area contributed by atoms with Crippen molar-refractivity contribution in [1.29, 1.82) is 0 Å². The number of halogens is 1. The van der Waals surface area contributed by atoms with E-state index in [0.717, 1.165) is 19.3 Å². The first-order valence-electron chi connectivity index (χ1n) is 9.46. The van der Waals surface area contributed by atoms with Crippen LogP contribution in [-0.2, 0) is 16.0 Å². The van der Waals surface area contributed by atoms with E-state index >= 15 is 0 Å². The highest BCUT2D eigenvalue weighted by atomic mass is 19.1. The van der Waals surface area contributed by atoms with Gasteiger partial charge in [0, 0.05) is 25.1 Å². The molecule has 3 rings (SSSR count). The topological polar surface area (TPSA) is 67.9 Å². The Hall–Kier alpha value is -2.31. The molecule has 6 nitrogen and oxygen atoms in total. The molecule has 2 atom stereocenters. The minimum atomic E-state index is -0.740. The standard InChI is InChI=1S/C20H27FN2O4/c1-20(2,3)27-19(25)23-10-5-4-8-14(23)12-22-18(24)16-11-13-7-6-9-15(21)17(13)26-16/h6-7,9,14,16H,4-5,8,10-12H2,1-3H3,(H,22,24)/t14-,16-/m0/s1. The van der Waals surface area contributed by atoms with E-state index in [4.69, 9.17) is 9.47 Å². The maximum Gasteiger partial charge on any atom is 0.410 e. The molecule has 1 aromatic rings. The van der Waals surface area contributed by atoms with Crippen LogP contribution in [0.15, 0.2) is 18.2 Å². The highest BCUT2D eigenvalue weighted by Gasteiger charge is 2.34. The third-order valence-electron chi connectivity index (χ3n) is 4.77. The van der Waals surface area contributed by atoms with Gasteiger partial charge in [0.05, 0.1) is 6.04 Å². The van der Waals surface area contributed by atoms with Gasteiger partial charge in [0.2, 0.25) is 0 Å². The summed E-state index contributed by atoms with van der Waals surface area (Å²) in [5, 5.41) is 2.86. The summed E-state index contributed by atoms with van der Waals surface area (Å²) in [6, 6.07) is 4.58. The summed E-state index contributed by atoms with van der Waals surface area (Å²) in [5.41, 5.74) is 0.138. The summed E-state index contributed by atoms with van der Waals surface area (Å²) in [5.74, 6) is -0.586. The van der Waals surface area contributed by atoms with E-state index in [2.05, 4.69) is 5.32 Å². The SMILES string of the molecule is CC(C)(C)OC(=O)N1CCCC[C@H]1CNC(=O)[C@@H]1Cc2cccc(F)c2O1. The second-order valence-electron chi connectivity index (χ2n) is 8.11. The van der Waals surface area contributed by atoms with Gasteiger partial charge in [-0.1, -0.05) is 12.1 Å². The molecule has 0 saturated carbocycles. The van der Waals surface area contributed by atoms with Gasteiger partial charge >= 0.3 is 6.09 Å². The molecule has 7 heteroatoms. The van der Waals surface area contributed by atoms with E-state index in [9.17, 15) is 14.0 Å². The summed E-state index contributed by atoms with van der Waals surface area (Å²) in [4.78, 5) is 26.6. The molecule has 2 heterocycles. The quantitative estimate of drug-likeness (QED) is 0.878. The number of hydrogen-bond donors (Lipinski definition) is 1. The second-order valence-corrected chi connectivity index (χ2v) is 8.11. The van der Waals surface area contributed by atoms with Gasteiger partial charge in [0.25, 0.3) is 5.91 Å². The largest absolute Gasteiger partial charge is 0.477 e. The molecule has 0 radical (unpaired) electrons. The van der Waals surface area contributed by atoms with Crippen LogP contribution in [0.2, 0.25) is 0 Å². The zero-order chi connectivity index (χ0) is 19.6. The van der Waals surface area contributed by atoms with Crippen molar-refractivity contribution in [2.45, 2.75) is 64.2 Å². The van der Waals surface area contributed by atoms with Gasteiger partial charge in [-0.15, -0.1) is 0 Å². The fourth-order valence-corrected chi connectivity index (χ4v) is 3.48. The number of nitrogens with one attached hydrogen (secondary N) is 1. The third-order valence-corrected chi connectivity index (χ3v) is 4.77. The van der Waals surface area contributed by atoms with Crippen molar-refractivity contribution in [3.63, 3.8) is 0 Å². The lowest BCUT2D eigenvalue weighted by atomic mass is 10.0. The molecule has 2 amide bonds. The normalized spacial score (nSPS) is 22.0. The van der Waals surface area contributed by atoms with E-state index < -0.39 is 17.5 Å². The Bertz CT molecular complexity index is 716. The second kappa shape index (κ2) is 7.74. The predicted molar refractivity (Wildman–Crippen MR) is 98.1 cm³/mol. The molecular weight excluding hydrogens is 351 g/mol. The van der Waals surface area contributed by atoms with Crippen molar-refractivity contribution in [1.82, 2.24) is 10.2 Å². The van der Waals surface area contributed by atoms with Gasteiger partial charge in [-0.25, -0.2) is 9.18 Å². The number of carbonyl (C=O) groups is 2. The van der Waals surface area contributed by atoms with Crippen molar-refractivity contribution in [3.8, 4) is 5.75 Å². The first kappa shape index (κ1) is 19.5. The lowest BCUT2D eigenvalue weighted by molar-refractivity contribution is -0.127. The lowest BCUT2D eigenvalue weighted by Crippen LogP contribution is -2.52. The van der Waals surface area contributed by atoms with Crippen molar-refractivity contribution in [3.05, 3.63) is 29.6 Å². The first-order chi connectivity index (χ1) is 12.7. The maximum absolute atomic E-state index is 13.8. The fourth-order valence-electron chi connectivity index (χ4n) is 3.48. The number of rotatable bonds is 3. The molecule has 2 aliphatic rings. The number of fused-ring (bicyclic) bond motifs is 1. The summed E-state index contributed by atoms with van der Waals surface area (Å²) in [7, 11) is 0. The molecule has 1 fully saturated rings. The predicted octanol–water partition coefficient (Wildman–Crippen LogP) is 3.04. The van der Waals surface area contributed by atoms with Crippen molar-refractivity contribution in [2.75, 3.05) is 13.1 Å². The van der Waals surface area contributed by atoms with Crippen molar-refractivity contribution < 1.29 is 23.5 Å². The Kier molecular flexibility index (Phi) is 5.58. The molecule has 0 unspecified atom stereocenters. The van der Waals surface area contributed by atoms with Crippen LogP contribution < -0.4 is 10.1 Å². The molecule has 0 aliphatic carbocycles. The number of amides is 2. The Balaban J connectivity index is 1.56. The van der Waals surface area contributed by atoms with E-state index in [1.165, 1.54) is 6.07 Å². The molecule has 27 heavy (non-hydrogen) atoms. The summed E-state index contributed by atoms with van der Waals surface area (Å²) in [6.07, 6.45) is 1.98. The average Bonchev–Trinajstić information content (AvgIpc) is 3.04. The van der Waals surface area contributed by atoms with Gasteiger partial charge < -0.3 is 19.7 Å².